The van der Waals surface area contributed by atoms with Crippen LogP contribution in [0.3, 0.4) is 0 Å². The van der Waals surface area contributed by atoms with Crippen molar-refractivity contribution in [1.29, 1.82) is 0 Å². The van der Waals surface area contributed by atoms with E-state index in [4.69, 9.17) is 0 Å². The van der Waals surface area contributed by atoms with Crippen LogP contribution in [0.5, 0.6) is 0 Å². The predicted molar refractivity (Wildman–Crippen MR) is 81.1 cm³/mol. The van der Waals surface area contributed by atoms with Gasteiger partial charge in [-0.1, -0.05) is 32.8 Å². The summed E-state index contributed by atoms with van der Waals surface area (Å²) in [7, 11) is -3.52. The van der Waals surface area contributed by atoms with Crippen LogP contribution in [0.2, 0.25) is 0 Å². The molecule has 1 rings (SSSR count). The predicted octanol–water partition coefficient (Wildman–Crippen LogP) is 2.51. The molecule has 0 saturated heterocycles. The van der Waals surface area contributed by atoms with Gasteiger partial charge in [-0.25, -0.2) is 13.1 Å². The molecule has 0 unspecified atom stereocenters. The van der Waals surface area contributed by atoms with E-state index >= 15 is 0 Å². The first-order valence-corrected chi connectivity index (χ1v) is 8.54. The second kappa shape index (κ2) is 7.20. The summed E-state index contributed by atoms with van der Waals surface area (Å²) >= 11 is 0. The molecule has 0 spiro atoms. The quantitative estimate of drug-likeness (QED) is 0.813. The number of rotatable bonds is 7. The van der Waals surface area contributed by atoms with E-state index in [1.54, 1.807) is 13.0 Å². The molecule has 0 amide bonds. The van der Waals surface area contributed by atoms with Crippen LogP contribution in [0.4, 0.5) is 0 Å². The Morgan fingerprint density at radius 1 is 1.20 bits per heavy atom. The lowest BCUT2D eigenvalue weighted by molar-refractivity contribution is 0.281. The van der Waals surface area contributed by atoms with Gasteiger partial charge in [-0.15, -0.1) is 0 Å². The molecule has 0 atom stereocenters. The summed E-state index contributed by atoms with van der Waals surface area (Å²) in [6.07, 6.45) is 1.90. The zero-order valence-electron chi connectivity index (χ0n) is 12.7. The Labute approximate surface area is 122 Å². The summed E-state index contributed by atoms with van der Waals surface area (Å²) in [6.45, 7) is 8.07. The van der Waals surface area contributed by atoms with E-state index in [1.165, 1.54) is 0 Å². The Bertz CT molecular complexity index is 548. The van der Waals surface area contributed by atoms with Crippen molar-refractivity contribution in [1.82, 2.24) is 4.72 Å². The zero-order chi connectivity index (χ0) is 15.3. The number of benzene rings is 1. The van der Waals surface area contributed by atoms with Crippen molar-refractivity contribution in [2.45, 2.75) is 52.0 Å². The molecular weight excluding hydrogens is 274 g/mol. The number of sulfonamides is 1. The van der Waals surface area contributed by atoms with Crippen LogP contribution in [0.25, 0.3) is 0 Å². The highest BCUT2D eigenvalue weighted by atomic mass is 32.2. The summed E-state index contributed by atoms with van der Waals surface area (Å²) in [5, 5.41) is 9.22. The minimum atomic E-state index is -3.52. The molecule has 0 fully saturated rings. The monoisotopic (exact) mass is 299 g/mol. The molecule has 2 N–H and O–H groups in total. The molecule has 0 radical (unpaired) electrons. The molecule has 20 heavy (non-hydrogen) atoms. The maximum atomic E-state index is 12.4. The van der Waals surface area contributed by atoms with Crippen molar-refractivity contribution < 1.29 is 13.5 Å². The van der Waals surface area contributed by atoms with E-state index < -0.39 is 10.0 Å². The Balaban J connectivity index is 3.06. The molecule has 0 saturated carbocycles. The number of hydrogen-bond donors (Lipinski definition) is 2. The van der Waals surface area contributed by atoms with Gasteiger partial charge in [0.1, 0.15) is 0 Å². The standard InChI is InChI=1S/C15H25NO3S/c1-5-13(6-2)9-16-20(18,19)15-8-14(10-17)7-11(3)12(15)4/h7-8,13,16-17H,5-6,9-10H2,1-4H3. The summed E-state index contributed by atoms with van der Waals surface area (Å²) in [4.78, 5) is 0.271. The lowest BCUT2D eigenvalue weighted by Crippen LogP contribution is -2.29. The van der Waals surface area contributed by atoms with Gasteiger partial charge >= 0.3 is 0 Å². The average molecular weight is 299 g/mol. The maximum Gasteiger partial charge on any atom is 0.240 e. The fourth-order valence-electron chi connectivity index (χ4n) is 2.15. The molecule has 0 bridgehead atoms. The average Bonchev–Trinajstić information content (AvgIpc) is 2.42. The third-order valence-electron chi connectivity index (χ3n) is 3.87. The fraction of sp³-hybridized carbons (Fsp3) is 0.600. The van der Waals surface area contributed by atoms with Crippen molar-refractivity contribution in [3.8, 4) is 0 Å². The molecule has 114 valence electrons. The SMILES string of the molecule is CCC(CC)CNS(=O)(=O)c1cc(CO)cc(C)c1C. The first kappa shape index (κ1) is 17.1. The summed E-state index contributed by atoms with van der Waals surface area (Å²) < 4.78 is 27.5. The molecule has 4 nitrogen and oxygen atoms in total. The maximum absolute atomic E-state index is 12.4. The van der Waals surface area contributed by atoms with Crippen LogP contribution >= 0.6 is 0 Å². The minimum absolute atomic E-state index is 0.157. The molecule has 1 aromatic rings. The second-order valence-electron chi connectivity index (χ2n) is 5.23. The van der Waals surface area contributed by atoms with Gasteiger partial charge in [-0.05, 0) is 42.5 Å². The molecule has 5 heteroatoms. The summed E-state index contributed by atoms with van der Waals surface area (Å²) in [6, 6.07) is 3.37. The third-order valence-corrected chi connectivity index (χ3v) is 5.42. The highest BCUT2D eigenvalue weighted by Crippen LogP contribution is 2.21. The van der Waals surface area contributed by atoms with Crippen LogP contribution in [-0.2, 0) is 16.6 Å². The van der Waals surface area contributed by atoms with Crippen molar-refractivity contribution >= 4 is 10.0 Å². The van der Waals surface area contributed by atoms with Gasteiger partial charge in [0.05, 0.1) is 11.5 Å². The minimum Gasteiger partial charge on any atom is -0.392 e. The van der Waals surface area contributed by atoms with E-state index in [0.717, 1.165) is 24.0 Å². The third kappa shape index (κ3) is 4.04. The normalized spacial score (nSPS) is 12.1. The first-order chi connectivity index (χ1) is 9.35. The van der Waals surface area contributed by atoms with Crippen LogP contribution in [0.15, 0.2) is 17.0 Å². The van der Waals surface area contributed by atoms with Gasteiger partial charge in [0.15, 0.2) is 0 Å². The van der Waals surface area contributed by atoms with Gasteiger partial charge in [-0.2, -0.15) is 0 Å². The van der Waals surface area contributed by atoms with Crippen LogP contribution < -0.4 is 4.72 Å². The molecule has 0 aliphatic carbocycles. The molecule has 0 aliphatic heterocycles. The lowest BCUT2D eigenvalue weighted by Gasteiger charge is -2.16. The smallest absolute Gasteiger partial charge is 0.240 e. The van der Waals surface area contributed by atoms with Gasteiger partial charge in [0.25, 0.3) is 0 Å². The number of aryl methyl sites for hydroxylation is 1. The lowest BCUT2D eigenvalue weighted by atomic mass is 10.0. The second-order valence-corrected chi connectivity index (χ2v) is 6.96. The Morgan fingerprint density at radius 2 is 1.80 bits per heavy atom. The van der Waals surface area contributed by atoms with Gasteiger partial charge in [0.2, 0.25) is 10.0 Å². The highest BCUT2D eigenvalue weighted by molar-refractivity contribution is 7.89. The van der Waals surface area contributed by atoms with E-state index in [1.807, 2.05) is 13.0 Å². The highest BCUT2D eigenvalue weighted by Gasteiger charge is 2.19. The van der Waals surface area contributed by atoms with E-state index in [9.17, 15) is 13.5 Å². The Hall–Kier alpha value is -0.910. The van der Waals surface area contributed by atoms with Crippen LogP contribution in [0.1, 0.15) is 43.4 Å². The number of nitrogens with one attached hydrogen (secondary N) is 1. The molecular formula is C15H25NO3S. The summed E-state index contributed by atoms with van der Waals surface area (Å²) in [5.74, 6) is 0.354. The molecule has 0 aliphatic rings. The number of hydrogen-bond acceptors (Lipinski definition) is 3. The van der Waals surface area contributed by atoms with Crippen molar-refractivity contribution in [3.63, 3.8) is 0 Å². The topological polar surface area (TPSA) is 66.4 Å². The van der Waals surface area contributed by atoms with Gasteiger partial charge in [0, 0.05) is 6.54 Å². The number of aliphatic hydroxyl groups is 1. The van der Waals surface area contributed by atoms with Crippen LogP contribution in [-0.4, -0.2) is 20.1 Å². The fourth-order valence-corrected chi connectivity index (χ4v) is 3.63. The zero-order valence-corrected chi connectivity index (χ0v) is 13.5. The molecule has 1 aromatic carbocycles. The van der Waals surface area contributed by atoms with E-state index in [-0.39, 0.29) is 11.5 Å². The van der Waals surface area contributed by atoms with Crippen molar-refractivity contribution in [3.05, 3.63) is 28.8 Å². The largest absolute Gasteiger partial charge is 0.392 e. The molecule has 0 heterocycles. The Kier molecular flexibility index (Phi) is 6.17. The number of aliphatic hydroxyl groups excluding tert-OH is 1. The van der Waals surface area contributed by atoms with Gasteiger partial charge in [-0.3, -0.25) is 0 Å². The van der Waals surface area contributed by atoms with Gasteiger partial charge < -0.3 is 5.11 Å². The first-order valence-electron chi connectivity index (χ1n) is 7.06. The molecule has 0 aromatic heterocycles. The van der Waals surface area contributed by atoms with E-state index in [2.05, 4.69) is 18.6 Å². The van der Waals surface area contributed by atoms with Crippen LogP contribution in [0, 0.1) is 19.8 Å². The van der Waals surface area contributed by atoms with Crippen molar-refractivity contribution in [2.24, 2.45) is 5.92 Å². The van der Waals surface area contributed by atoms with E-state index in [0.29, 0.717) is 18.0 Å². The van der Waals surface area contributed by atoms with Crippen molar-refractivity contribution in [2.75, 3.05) is 6.54 Å². The Morgan fingerprint density at radius 3 is 2.30 bits per heavy atom. The summed E-state index contributed by atoms with van der Waals surface area (Å²) in [5.41, 5.74) is 2.23.